The first-order valence-electron chi connectivity index (χ1n) is 11.6. The lowest BCUT2D eigenvalue weighted by atomic mass is 9.94. The predicted octanol–water partition coefficient (Wildman–Crippen LogP) is 2.62. The number of ether oxygens (including phenoxy) is 3. The van der Waals surface area contributed by atoms with Gasteiger partial charge >= 0.3 is 12.0 Å². The van der Waals surface area contributed by atoms with Crippen molar-refractivity contribution in [2.75, 3.05) is 59.0 Å². The maximum absolute atomic E-state index is 12.9. The Morgan fingerprint density at radius 2 is 1.74 bits per heavy atom. The minimum atomic E-state index is -0.681. The molecule has 2 N–H and O–H groups in total. The molecule has 0 bridgehead atoms. The van der Waals surface area contributed by atoms with E-state index in [1.54, 1.807) is 32.4 Å². The van der Waals surface area contributed by atoms with Crippen LogP contribution in [-0.2, 0) is 9.53 Å². The first-order valence-corrected chi connectivity index (χ1v) is 11.6. The minimum absolute atomic E-state index is 0.370. The van der Waals surface area contributed by atoms with Gasteiger partial charge in [0.05, 0.1) is 32.9 Å². The molecule has 2 aliphatic rings. The molecular weight excluding hydrogens is 448 g/mol. The summed E-state index contributed by atoms with van der Waals surface area (Å²) in [6.07, 6.45) is 0. The number of urea groups is 1. The van der Waals surface area contributed by atoms with Crippen LogP contribution in [0.5, 0.6) is 11.5 Å². The van der Waals surface area contributed by atoms with Gasteiger partial charge in [0.2, 0.25) is 0 Å². The molecular formula is C26H32N4O5. The van der Waals surface area contributed by atoms with E-state index in [-0.39, 0.29) is 6.03 Å². The highest BCUT2D eigenvalue weighted by Crippen LogP contribution is 2.34. The van der Waals surface area contributed by atoms with E-state index >= 15 is 0 Å². The standard InChI is InChI=1S/C26H32N4O5/c1-17-6-5-7-19(14-17)30-12-10-29(11-13-30)16-20-23(25(31)35-4)24(28-26(32)27-20)18-8-9-21(33-2)22(15-18)34-3/h5-9,14-15,24H,10-13,16H2,1-4H3,(H2,27,28,32)/t24-/m1/s1. The molecule has 0 aliphatic carbocycles. The quantitative estimate of drug-likeness (QED) is 0.589. The molecule has 2 amide bonds. The number of anilines is 1. The van der Waals surface area contributed by atoms with Gasteiger partial charge in [-0.25, -0.2) is 9.59 Å². The molecule has 2 aliphatic heterocycles. The van der Waals surface area contributed by atoms with Crippen molar-refractivity contribution in [3.05, 3.63) is 64.9 Å². The molecule has 2 aromatic carbocycles. The zero-order chi connectivity index (χ0) is 24.9. The third-order valence-electron chi connectivity index (χ3n) is 6.42. The molecule has 2 aromatic rings. The summed E-state index contributed by atoms with van der Waals surface area (Å²) in [6, 6.07) is 12.7. The van der Waals surface area contributed by atoms with E-state index in [9.17, 15) is 9.59 Å². The number of carbonyl (C=O) groups is 2. The van der Waals surface area contributed by atoms with E-state index in [2.05, 4.69) is 51.6 Å². The Morgan fingerprint density at radius 1 is 1.00 bits per heavy atom. The highest BCUT2D eigenvalue weighted by atomic mass is 16.5. The van der Waals surface area contributed by atoms with Crippen LogP contribution in [0.25, 0.3) is 0 Å². The van der Waals surface area contributed by atoms with Crippen molar-refractivity contribution >= 4 is 17.7 Å². The number of piperazine rings is 1. The van der Waals surface area contributed by atoms with Crippen molar-refractivity contribution in [3.63, 3.8) is 0 Å². The molecule has 0 saturated carbocycles. The normalized spacial score (nSPS) is 18.6. The van der Waals surface area contributed by atoms with Crippen molar-refractivity contribution in [2.24, 2.45) is 0 Å². The van der Waals surface area contributed by atoms with Gasteiger partial charge in [-0.3, -0.25) is 4.90 Å². The summed E-state index contributed by atoms with van der Waals surface area (Å²) in [5.41, 5.74) is 4.06. The molecule has 186 valence electrons. The number of benzene rings is 2. The minimum Gasteiger partial charge on any atom is -0.493 e. The lowest BCUT2D eigenvalue weighted by Crippen LogP contribution is -2.51. The van der Waals surface area contributed by atoms with E-state index in [0.29, 0.717) is 34.9 Å². The van der Waals surface area contributed by atoms with E-state index in [1.807, 2.05) is 0 Å². The van der Waals surface area contributed by atoms with Crippen molar-refractivity contribution in [3.8, 4) is 11.5 Å². The van der Waals surface area contributed by atoms with Gasteiger partial charge in [-0.1, -0.05) is 18.2 Å². The van der Waals surface area contributed by atoms with Crippen molar-refractivity contribution in [1.82, 2.24) is 15.5 Å². The SMILES string of the molecule is COC(=O)C1=C(CN2CCN(c3cccc(C)c3)CC2)NC(=O)N[C@@H]1c1ccc(OC)c(OC)c1. The molecule has 1 saturated heterocycles. The number of hydrogen-bond acceptors (Lipinski definition) is 7. The van der Waals surface area contributed by atoms with Crippen LogP contribution in [0, 0.1) is 6.92 Å². The lowest BCUT2D eigenvalue weighted by molar-refractivity contribution is -0.136. The van der Waals surface area contributed by atoms with Crippen molar-refractivity contribution in [2.45, 2.75) is 13.0 Å². The van der Waals surface area contributed by atoms with Crippen LogP contribution in [0.1, 0.15) is 17.2 Å². The van der Waals surface area contributed by atoms with Crippen LogP contribution < -0.4 is 25.0 Å². The van der Waals surface area contributed by atoms with Crippen LogP contribution in [0.15, 0.2) is 53.7 Å². The van der Waals surface area contributed by atoms with Crippen LogP contribution in [0.4, 0.5) is 10.5 Å². The number of methoxy groups -OCH3 is 3. The number of rotatable bonds is 7. The van der Waals surface area contributed by atoms with E-state index in [1.165, 1.54) is 18.4 Å². The molecule has 2 heterocycles. The second-order valence-corrected chi connectivity index (χ2v) is 8.63. The number of nitrogens with one attached hydrogen (secondary N) is 2. The molecule has 0 radical (unpaired) electrons. The first-order chi connectivity index (χ1) is 16.9. The summed E-state index contributed by atoms with van der Waals surface area (Å²) in [5.74, 6) is 0.577. The van der Waals surface area contributed by atoms with Gasteiger partial charge in [0.25, 0.3) is 0 Å². The average molecular weight is 481 g/mol. The molecule has 1 fully saturated rings. The fourth-order valence-corrected chi connectivity index (χ4v) is 4.59. The summed E-state index contributed by atoms with van der Waals surface area (Å²) in [4.78, 5) is 30.1. The van der Waals surface area contributed by atoms with Crippen molar-refractivity contribution < 1.29 is 23.8 Å². The second kappa shape index (κ2) is 10.7. The maximum Gasteiger partial charge on any atom is 0.338 e. The Kier molecular flexibility index (Phi) is 7.45. The highest BCUT2D eigenvalue weighted by molar-refractivity contribution is 5.95. The average Bonchev–Trinajstić information content (AvgIpc) is 2.88. The van der Waals surface area contributed by atoms with Crippen molar-refractivity contribution in [1.29, 1.82) is 0 Å². The van der Waals surface area contributed by atoms with Crippen LogP contribution >= 0.6 is 0 Å². The first kappa shape index (κ1) is 24.4. The third kappa shape index (κ3) is 5.35. The Hall–Kier alpha value is -3.72. The van der Waals surface area contributed by atoms with E-state index < -0.39 is 12.0 Å². The third-order valence-corrected chi connectivity index (χ3v) is 6.42. The van der Waals surface area contributed by atoms with Gasteiger partial charge in [0.1, 0.15) is 0 Å². The largest absolute Gasteiger partial charge is 0.493 e. The topological polar surface area (TPSA) is 92.4 Å². The number of amides is 2. The molecule has 0 unspecified atom stereocenters. The molecule has 35 heavy (non-hydrogen) atoms. The van der Waals surface area contributed by atoms with Gasteiger partial charge in [-0.2, -0.15) is 0 Å². The molecule has 9 heteroatoms. The number of carbonyl (C=O) groups excluding carboxylic acids is 2. The number of hydrogen-bond donors (Lipinski definition) is 2. The molecule has 1 atom stereocenters. The van der Waals surface area contributed by atoms with Crippen LogP contribution in [-0.4, -0.2) is 71.0 Å². The summed E-state index contributed by atoms with van der Waals surface area (Å²) in [5, 5.41) is 5.70. The molecule has 9 nitrogen and oxygen atoms in total. The van der Waals surface area contributed by atoms with Gasteiger partial charge in [0.15, 0.2) is 11.5 Å². The lowest BCUT2D eigenvalue weighted by Gasteiger charge is -2.38. The fourth-order valence-electron chi connectivity index (χ4n) is 4.59. The summed E-state index contributed by atoms with van der Waals surface area (Å²) < 4.78 is 15.9. The molecule has 0 spiro atoms. The molecule has 4 rings (SSSR count). The van der Waals surface area contributed by atoms with E-state index in [4.69, 9.17) is 14.2 Å². The Balaban J connectivity index is 1.57. The smallest absolute Gasteiger partial charge is 0.338 e. The van der Waals surface area contributed by atoms with Gasteiger partial charge in [0, 0.05) is 44.1 Å². The summed E-state index contributed by atoms with van der Waals surface area (Å²) in [7, 11) is 4.44. The zero-order valence-corrected chi connectivity index (χ0v) is 20.6. The van der Waals surface area contributed by atoms with Gasteiger partial charge < -0.3 is 29.7 Å². The van der Waals surface area contributed by atoms with Crippen LogP contribution in [0.3, 0.4) is 0 Å². The van der Waals surface area contributed by atoms with Gasteiger partial charge in [-0.05, 0) is 42.3 Å². The summed E-state index contributed by atoms with van der Waals surface area (Å²) >= 11 is 0. The van der Waals surface area contributed by atoms with E-state index in [0.717, 1.165) is 26.2 Å². The molecule has 0 aromatic heterocycles. The second-order valence-electron chi connectivity index (χ2n) is 8.63. The zero-order valence-electron chi connectivity index (χ0n) is 20.6. The number of esters is 1. The maximum atomic E-state index is 12.9. The highest BCUT2D eigenvalue weighted by Gasteiger charge is 2.35. The number of aryl methyl sites for hydroxylation is 1. The Bertz CT molecular complexity index is 1120. The fraction of sp³-hybridized carbons (Fsp3) is 0.385. The summed E-state index contributed by atoms with van der Waals surface area (Å²) in [6.45, 7) is 5.84. The number of nitrogens with zero attached hydrogens (tertiary/aromatic N) is 2. The van der Waals surface area contributed by atoms with Gasteiger partial charge in [-0.15, -0.1) is 0 Å². The monoisotopic (exact) mass is 480 g/mol. The Morgan fingerprint density at radius 3 is 2.40 bits per heavy atom. The van der Waals surface area contributed by atoms with Crippen LogP contribution in [0.2, 0.25) is 0 Å². The Labute approximate surface area is 205 Å². The predicted molar refractivity (Wildman–Crippen MR) is 133 cm³/mol.